The molecule has 0 bridgehead atoms. The summed E-state index contributed by atoms with van der Waals surface area (Å²) in [4.78, 5) is 17.5. The van der Waals surface area contributed by atoms with E-state index in [2.05, 4.69) is 10.3 Å². The average Bonchev–Trinajstić information content (AvgIpc) is 2.36. The molecule has 19 heavy (non-hydrogen) atoms. The van der Waals surface area contributed by atoms with E-state index in [-0.39, 0.29) is 0 Å². The predicted molar refractivity (Wildman–Crippen MR) is 82.8 cm³/mol. The fourth-order valence-corrected chi connectivity index (χ4v) is 1.45. The third-order valence-corrected chi connectivity index (χ3v) is 3.09. The molecule has 0 radical (unpaired) electrons. The number of alkyl halides is 3. The minimum Gasteiger partial charge on any atom is -0.334 e. The van der Waals surface area contributed by atoms with Crippen molar-refractivity contribution < 1.29 is 4.79 Å². The third kappa shape index (κ3) is 4.56. The van der Waals surface area contributed by atoms with Crippen LogP contribution in [0.3, 0.4) is 0 Å². The van der Waals surface area contributed by atoms with Crippen molar-refractivity contribution in [3.8, 4) is 0 Å². The third-order valence-electron chi connectivity index (χ3n) is 2.58. The fourth-order valence-electron chi connectivity index (χ4n) is 1.31. The number of carbonyl (C=O) groups excluding carboxylic acids is 1. The fraction of sp³-hybridized carbons (Fsp3) is 0.333. The monoisotopic (exact) mass is 321 g/mol. The molecule has 104 valence electrons. The summed E-state index contributed by atoms with van der Waals surface area (Å²) in [6.07, 6.45) is 0. The van der Waals surface area contributed by atoms with Crippen LogP contribution in [-0.4, -0.2) is 29.6 Å². The molecule has 7 heteroatoms. The van der Waals surface area contributed by atoms with Gasteiger partial charge in [0.25, 0.3) is 9.70 Å². The van der Waals surface area contributed by atoms with Crippen LogP contribution in [0.5, 0.6) is 0 Å². The van der Waals surface area contributed by atoms with E-state index in [0.29, 0.717) is 5.69 Å². The highest BCUT2D eigenvalue weighted by atomic mass is 35.6. The molecule has 1 rings (SSSR count). The Bertz CT molecular complexity index is 480. The van der Waals surface area contributed by atoms with E-state index in [1.54, 1.807) is 19.2 Å². The number of halogens is 3. The van der Waals surface area contributed by atoms with Gasteiger partial charge in [-0.1, -0.05) is 34.8 Å². The highest BCUT2D eigenvalue weighted by Crippen LogP contribution is 2.28. The SMILES string of the molecule is CN=C(C)N(C)c1ccc(NC(=O)C(Cl)(Cl)Cl)cc1. The number of benzene rings is 1. The smallest absolute Gasteiger partial charge is 0.276 e. The Labute approximate surface area is 127 Å². The van der Waals surface area contributed by atoms with E-state index >= 15 is 0 Å². The molecule has 0 spiro atoms. The van der Waals surface area contributed by atoms with Crippen LogP contribution in [0.2, 0.25) is 0 Å². The molecule has 0 aliphatic rings. The summed E-state index contributed by atoms with van der Waals surface area (Å²) >= 11 is 16.4. The maximum atomic E-state index is 11.5. The molecule has 0 aliphatic heterocycles. The lowest BCUT2D eigenvalue weighted by Gasteiger charge is -2.19. The second-order valence-electron chi connectivity index (χ2n) is 3.83. The van der Waals surface area contributed by atoms with Crippen LogP contribution >= 0.6 is 34.8 Å². The van der Waals surface area contributed by atoms with Gasteiger partial charge in [-0.05, 0) is 31.2 Å². The van der Waals surface area contributed by atoms with Crippen molar-refractivity contribution in [2.24, 2.45) is 4.99 Å². The molecule has 4 nitrogen and oxygen atoms in total. The summed E-state index contributed by atoms with van der Waals surface area (Å²) in [5.74, 6) is 0.183. The molecule has 1 aromatic carbocycles. The number of nitrogens with one attached hydrogen (secondary N) is 1. The molecular weight excluding hydrogens is 309 g/mol. The number of carbonyl (C=O) groups is 1. The molecule has 0 fully saturated rings. The van der Waals surface area contributed by atoms with Crippen molar-refractivity contribution in [2.75, 3.05) is 24.3 Å². The standard InChI is InChI=1S/C12H14Cl3N3O/c1-8(16-2)18(3)10-6-4-9(5-7-10)17-11(19)12(13,14)15/h4-7H,1-3H3,(H,17,19). The van der Waals surface area contributed by atoms with Crippen molar-refractivity contribution in [1.82, 2.24) is 0 Å². The Hall–Kier alpha value is -0.970. The van der Waals surface area contributed by atoms with Gasteiger partial charge in [-0.15, -0.1) is 0 Å². The van der Waals surface area contributed by atoms with Crippen LogP contribution in [0, 0.1) is 0 Å². The first-order valence-electron chi connectivity index (χ1n) is 5.41. The minimum absolute atomic E-state index is 0.555. The lowest BCUT2D eigenvalue weighted by molar-refractivity contribution is -0.115. The Morgan fingerprint density at radius 2 is 1.79 bits per heavy atom. The molecule has 0 heterocycles. The molecule has 0 aromatic heterocycles. The van der Waals surface area contributed by atoms with Gasteiger partial charge in [-0.2, -0.15) is 0 Å². The molecule has 0 atom stereocenters. The summed E-state index contributed by atoms with van der Waals surface area (Å²) < 4.78 is -1.97. The normalized spacial score (nSPS) is 12.2. The van der Waals surface area contributed by atoms with Crippen LogP contribution in [0.15, 0.2) is 29.3 Å². The molecule has 0 saturated carbocycles. The van der Waals surface area contributed by atoms with Crippen LogP contribution in [0.25, 0.3) is 0 Å². The Balaban J connectivity index is 2.80. The van der Waals surface area contributed by atoms with Crippen LogP contribution in [0.1, 0.15) is 6.92 Å². The molecule has 0 unspecified atom stereocenters. The molecule has 1 amide bonds. The number of aliphatic imine (C=N–C) groups is 1. The van der Waals surface area contributed by atoms with Gasteiger partial charge in [-0.3, -0.25) is 9.79 Å². The van der Waals surface area contributed by atoms with Crippen LogP contribution < -0.4 is 10.2 Å². The Morgan fingerprint density at radius 1 is 1.26 bits per heavy atom. The molecular formula is C12H14Cl3N3O. The van der Waals surface area contributed by atoms with Crippen molar-refractivity contribution in [1.29, 1.82) is 0 Å². The second-order valence-corrected chi connectivity index (χ2v) is 6.11. The van der Waals surface area contributed by atoms with Crippen molar-refractivity contribution in [3.63, 3.8) is 0 Å². The zero-order valence-corrected chi connectivity index (χ0v) is 13.0. The quantitative estimate of drug-likeness (QED) is 0.515. The minimum atomic E-state index is -1.97. The van der Waals surface area contributed by atoms with E-state index in [1.807, 2.05) is 31.0 Å². The highest BCUT2D eigenvalue weighted by Gasteiger charge is 2.30. The summed E-state index contributed by atoms with van der Waals surface area (Å²) in [6, 6.07) is 7.12. The Morgan fingerprint density at radius 3 is 2.21 bits per heavy atom. The van der Waals surface area contributed by atoms with Gasteiger partial charge in [0.1, 0.15) is 0 Å². The number of amides is 1. The van der Waals surface area contributed by atoms with Gasteiger partial charge >= 0.3 is 0 Å². The maximum Gasteiger partial charge on any atom is 0.276 e. The average molecular weight is 323 g/mol. The maximum absolute atomic E-state index is 11.5. The van der Waals surface area contributed by atoms with E-state index in [4.69, 9.17) is 34.8 Å². The first-order valence-corrected chi connectivity index (χ1v) is 6.54. The molecule has 1 aromatic rings. The van der Waals surface area contributed by atoms with Gasteiger partial charge in [0.05, 0.1) is 5.84 Å². The first-order chi connectivity index (χ1) is 8.75. The predicted octanol–water partition coefficient (Wildman–Crippen LogP) is 3.48. The van der Waals surface area contributed by atoms with Gasteiger partial charge in [-0.25, -0.2) is 0 Å². The van der Waals surface area contributed by atoms with Gasteiger partial charge in [0.15, 0.2) is 0 Å². The molecule has 0 aliphatic carbocycles. The summed E-state index contributed by atoms with van der Waals surface area (Å²) in [5, 5.41) is 2.51. The number of amidine groups is 1. The number of rotatable bonds is 2. The van der Waals surface area contributed by atoms with Crippen molar-refractivity contribution in [2.45, 2.75) is 10.7 Å². The van der Waals surface area contributed by atoms with Gasteiger partial charge in [0, 0.05) is 25.5 Å². The zero-order chi connectivity index (χ0) is 14.6. The molecule has 0 saturated heterocycles. The largest absolute Gasteiger partial charge is 0.334 e. The summed E-state index contributed by atoms with van der Waals surface area (Å²) in [7, 11) is 3.62. The van der Waals surface area contributed by atoms with E-state index < -0.39 is 9.70 Å². The number of anilines is 2. The van der Waals surface area contributed by atoms with Crippen LogP contribution in [-0.2, 0) is 4.79 Å². The van der Waals surface area contributed by atoms with Crippen LogP contribution in [0.4, 0.5) is 11.4 Å². The van der Waals surface area contributed by atoms with Crippen molar-refractivity contribution >= 4 is 57.9 Å². The number of nitrogens with zero attached hydrogens (tertiary/aromatic N) is 2. The van der Waals surface area contributed by atoms with Crippen molar-refractivity contribution in [3.05, 3.63) is 24.3 Å². The highest BCUT2D eigenvalue weighted by molar-refractivity contribution is 6.76. The lowest BCUT2D eigenvalue weighted by Crippen LogP contribution is -2.27. The zero-order valence-electron chi connectivity index (χ0n) is 10.7. The topological polar surface area (TPSA) is 44.7 Å². The number of hydrogen-bond donors (Lipinski definition) is 1. The van der Waals surface area contributed by atoms with E-state index in [9.17, 15) is 4.79 Å². The van der Waals surface area contributed by atoms with Gasteiger partial charge < -0.3 is 10.2 Å². The summed E-state index contributed by atoms with van der Waals surface area (Å²) in [6.45, 7) is 1.90. The first kappa shape index (κ1) is 16.1. The summed E-state index contributed by atoms with van der Waals surface area (Å²) in [5.41, 5.74) is 1.49. The molecule has 1 N–H and O–H groups in total. The lowest BCUT2D eigenvalue weighted by atomic mass is 10.2. The van der Waals surface area contributed by atoms with E-state index in [0.717, 1.165) is 11.5 Å². The van der Waals surface area contributed by atoms with E-state index in [1.165, 1.54) is 0 Å². The Kier molecular flexibility index (Phi) is 5.47. The van der Waals surface area contributed by atoms with Gasteiger partial charge in [0.2, 0.25) is 0 Å². The second kappa shape index (κ2) is 6.46. The number of hydrogen-bond acceptors (Lipinski definition) is 2.